The molecule has 0 radical (unpaired) electrons. The first-order valence-corrected chi connectivity index (χ1v) is 7.64. The van der Waals surface area contributed by atoms with Gasteiger partial charge in [-0.05, 0) is 51.3 Å². The molecule has 0 saturated carbocycles. The molecule has 0 fully saturated rings. The van der Waals surface area contributed by atoms with Crippen molar-refractivity contribution in [3.8, 4) is 0 Å². The van der Waals surface area contributed by atoms with Crippen LogP contribution in [0.5, 0.6) is 0 Å². The summed E-state index contributed by atoms with van der Waals surface area (Å²) in [5, 5.41) is 5.90. The van der Waals surface area contributed by atoms with E-state index in [2.05, 4.69) is 47.9 Å². The number of carbonyl (C=O) groups is 1. The summed E-state index contributed by atoms with van der Waals surface area (Å²) < 4.78 is 0. The molecule has 116 valence electrons. The average molecular weight is 296 g/mol. The molecule has 2 aromatic carbocycles. The molecule has 0 aliphatic heterocycles. The Bertz CT molecular complexity index is 647. The Morgan fingerprint density at radius 2 is 1.64 bits per heavy atom. The van der Waals surface area contributed by atoms with Crippen molar-refractivity contribution in [2.75, 3.05) is 5.32 Å². The van der Waals surface area contributed by atoms with Crippen LogP contribution in [0.1, 0.15) is 29.2 Å². The Morgan fingerprint density at radius 3 is 2.27 bits per heavy atom. The minimum atomic E-state index is -0.161. The van der Waals surface area contributed by atoms with Gasteiger partial charge in [0.15, 0.2) is 0 Å². The molecular weight excluding hydrogens is 272 g/mol. The van der Waals surface area contributed by atoms with Crippen LogP contribution in [-0.4, -0.2) is 12.1 Å². The van der Waals surface area contributed by atoms with E-state index in [1.165, 1.54) is 16.7 Å². The van der Waals surface area contributed by atoms with E-state index in [0.717, 1.165) is 17.7 Å². The molecule has 3 nitrogen and oxygen atoms in total. The molecule has 0 saturated heterocycles. The van der Waals surface area contributed by atoms with Gasteiger partial charge in [0.25, 0.3) is 0 Å². The topological polar surface area (TPSA) is 41.1 Å². The summed E-state index contributed by atoms with van der Waals surface area (Å²) in [6, 6.07) is 14.3. The van der Waals surface area contributed by atoms with Crippen molar-refractivity contribution in [3.05, 3.63) is 64.7 Å². The van der Waals surface area contributed by atoms with Crippen molar-refractivity contribution in [3.63, 3.8) is 0 Å². The van der Waals surface area contributed by atoms with Crippen LogP contribution in [-0.2, 0) is 6.42 Å². The van der Waals surface area contributed by atoms with Crippen LogP contribution in [0.25, 0.3) is 0 Å². The van der Waals surface area contributed by atoms with Crippen LogP contribution in [0.15, 0.2) is 42.5 Å². The van der Waals surface area contributed by atoms with E-state index < -0.39 is 0 Å². The Hall–Kier alpha value is -2.29. The standard InChI is InChI=1S/C19H24N2O/c1-13-5-8-17(9-6-13)12-16(4)20-19(22)21-18-10-7-14(2)11-15(18)3/h5-11,16H,12H2,1-4H3,(H2,20,21,22). The van der Waals surface area contributed by atoms with E-state index in [-0.39, 0.29) is 12.1 Å². The zero-order valence-corrected chi connectivity index (χ0v) is 13.7. The van der Waals surface area contributed by atoms with Gasteiger partial charge in [-0.1, -0.05) is 47.5 Å². The van der Waals surface area contributed by atoms with E-state index in [9.17, 15) is 4.79 Å². The fraction of sp³-hybridized carbons (Fsp3) is 0.316. The lowest BCUT2D eigenvalue weighted by Crippen LogP contribution is -2.37. The fourth-order valence-corrected chi connectivity index (χ4v) is 2.46. The summed E-state index contributed by atoms with van der Waals surface area (Å²) in [5.41, 5.74) is 5.59. The SMILES string of the molecule is Cc1ccc(CC(C)NC(=O)Nc2ccc(C)cc2C)cc1. The molecule has 0 aromatic heterocycles. The van der Waals surface area contributed by atoms with E-state index in [1.807, 2.05) is 32.9 Å². The molecule has 1 unspecified atom stereocenters. The maximum absolute atomic E-state index is 12.1. The van der Waals surface area contributed by atoms with Gasteiger partial charge in [0.1, 0.15) is 0 Å². The van der Waals surface area contributed by atoms with E-state index in [4.69, 9.17) is 0 Å². The molecule has 0 heterocycles. The third-order valence-electron chi connectivity index (χ3n) is 3.67. The first-order chi connectivity index (χ1) is 10.4. The summed E-state index contributed by atoms with van der Waals surface area (Å²) in [6.07, 6.45) is 0.820. The van der Waals surface area contributed by atoms with E-state index in [0.29, 0.717) is 0 Å². The second-order valence-electron chi connectivity index (χ2n) is 6.01. The number of rotatable bonds is 4. The Kier molecular flexibility index (Phi) is 5.21. The van der Waals surface area contributed by atoms with Gasteiger partial charge in [0, 0.05) is 11.7 Å². The number of carbonyl (C=O) groups excluding carboxylic acids is 1. The molecule has 0 spiro atoms. The smallest absolute Gasteiger partial charge is 0.319 e. The monoisotopic (exact) mass is 296 g/mol. The lowest BCUT2D eigenvalue weighted by atomic mass is 10.1. The highest BCUT2D eigenvalue weighted by Crippen LogP contribution is 2.15. The molecule has 0 aliphatic rings. The number of anilines is 1. The highest BCUT2D eigenvalue weighted by molar-refractivity contribution is 5.90. The Morgan fingerprint density at radius 1 is 1.00 bits per heavy atom. The number of aryl methyl sites for hydroxylation is 3. The summed E-state index contributed by atoms with van der Waals surface area (Å²) in [4.78, 5) is 12.1. The molecule has 2 amide bonds. The molecule has 1 atom stereocenters. The van der Waals surface area contributed by atoms with Gasteiger partial charge in [0.2, 0.25) is 0 Å². The first-order valence-electron chi connectivity index (χ1n) is 7.64. The molecule has 2 aromatic rings. The quantitative estimate of drug-likeness (QED) is 0.864. The molecule has 3 heteroatoms. The summed E-state index contributed by atoms with van der Waals surface area (Å²) in [7, 11) is 0. The number of nitrogens with one attached hydrogen (secondary N) is 2. The lowest BCUT2D eigenvalue weighted by molar-refractivity contribution is 0.249. The second-order valence-corrected chi connectivity index (χ2v) is 6.01. The lowest BCUT2D eigenvalue weighted by Gasteiger charge is -2.16. The number of hydrogen-bond donors (Lipinski definition) is 2. The first kappa shape index (κ1) is 16.1. The number of urea groups is 1. The Balaban J connectivity index is 1.89. The van der Waals surface area contributed by atoms with E-state index >= 15 is 0 Å². The maximum Gasteiger partial charge on any atom is 0.319 e. The van der Waals surface area contributed by atoms with Gasteiger partial charge >= 0.3 is 6.03 Å². The predicted octanol–water partition coefficient (Wildman–Crippen LogP) is 4.36. The zero-order valence-electron chi connectivity index (χ0n) is 13.7. The van der Waals surface area contributed by atoms with Gasteiger partial charge in [-0.2, -0.15) is 0 Å². The average Bonchev–Trinajstić information content (AvgIpc) is 2.44. The largest absolute Gasteiger partial charge is 0.335 e. The van der Waals surface area contributed by atoms with Gasteiger partial charge in [-0.3, -0.25) is 0 Å². The number of amides is 2. The van der Waals surface area contributed by atoms with Crippen molar-refractivity contribution in [2.24, 2.45) is 0 Å². The van der Waals surface area contributed by atoms with Crippen LogP contribution in [0.4, 0.5) is 10.5 Å². The van der Waals surface area contributed by atoms with Crippen LogP contribution in [0.2, 0.25) is 0 Å². The number of hydrogen-bond acceptors (Lipinski definition) is 1. The minimum Gasteiger partial charge on any atom is -0.335 e. The highest BCUT2D eigenvalue weighted by Gasteiger charge is 2.09. The molecule has 2 rings (SSSR count). The minimum absolute atomic E-state index is 0.0773. The van der Waals surface area contributed by atoms with Crippen molar-refractivity contribution >= 4 is 11.7 Å². The summed E-state index contributed by atoms with van der Waals surface area (Å²) >= 11 is 0. The fourth-order valence-electron chi connectivity index (χ4n) is 2.46. The predicted molar refractivity (Wildman–Crippen MR) is 92.4 cm³/mol. The van der Waals surface area contributed by atoms with Gasteiger partial charge in [0.05, 0.1) is 0 Å². The van der Waals surface area contributed by atoms with Gasteiger partial charge in [-0.15, -0.1) is 0 Å². The maximum atomic E-state index is 12.1. The highest BCUT2D eigenvalue weighted by atomic mass is 16.2. The van der Waals surface area contributed by atoms with Gasteiger partial charge in [-0.25, -0.2) is 4.79 Å². The number of benzene rings is 2. The van der Waals surface area contributed by atoms with Crippen molar-refractivity contribution < 1.29 is 4.79 Å². The normalized spacial score (nSPS) is 11.8. The summed E-state index contributed by atoms with van der Waals surface area (Å²) in [5.74, 6) is 0. The third kappa shape index (κ3) is 4.62. The third-order valence-corrected chi connectivity index (χ3v) is 3.67. The second kappa shape index (κ2) is 7.12. The molecule has 0 bridgehead atoms. The Labute approximate surface area is 132 Å². The summed E-state index contributed by atoms with van der Waals surface area (Å²) in [6.45, 7) is 8.13. The van der Waals surface area contributed by atoms with Crippen molar-refractivity contribution in [2.45, 2.75) is 40.2 Å². The van der Waals surface area contributed by atoms with Crippen LogP contribution >= 0.6 is 0 Å². The van der Waals surface area contributed by atoms with Crippen LogP contribution in [0.3, 0.4) is 0 Å². The van der Waals surface area contributed by atoms with Crippen LogP contribution in [0, 0.1) is 20.8 Å². The molecule has 22 heavy (non-hydrogen) atoms. The molecule has 0 aliphatic carbocycles. The van der Waals surface area contributed by atoms with Crippen molar-refractivity contribution in [1.29, 1.82) is 0 Å². The molecule has 2 N–H and O–H groups in total. The van der Waals surface area contributed by atoms with Crippen LogP contribution < -0.4 is 10.6 Å². The molecular formula is C19H24N2O. The van der Waals surface area contributed by atoms with E-state index in [1.54, 1.807) is 0 Å². The zero-order chi connectivity index (χ0) is 16.1. The van der Waals surface area contributed by atoms with Crippen molar-refractivity contribution in [1.82, 2.24) is 5.32 Å². The van der Waals surface area contributed by atoms with Gasteiger partial charge < -0.3 is 10.6 Å².